The molecule has 278 valence electrons. The Morgan fingerprint density at radius 3 is 0.651 bits per heavy atom. The average molecular weight is 780 g/mol. The molecule has 0 saturated heterocycles. The van der Waals surface area contributed by atoms with Gasteiger partial charge < -0.3 is 4.42 Å². The molecule has 25 heteroatoms. The fourth-order valence-electron chi connectivity index (χ4n) is 12.3. The Kier molecular flexibility index (Phi) is 11.3. The zero-order valence-electron chi connectivity index (χ0n) is 43.4. The van der Waals surface area contributed by atoms with Gasteiger partial charge >= 0.3 is 0 Å². The van der Waals surface area contributed by atoms with Crippen molar-refractivity contribution in [1.29, 1.82) is 0 Å². The van der Waals surface area contributed by atoms with Gasteiger partial charge in [-0.2, -0.15) is 0 Å². The summed E-state index contributed by atoms with van der Waals surface area (Å²) >= 11 is 0. The fraction of sp³-hybridized carbons (Fsp3) is 0. The molecule has 0 atom stereocenters. The van der Waals surface area contributed by atoms with Gasteiger partial charge in [-0.15, -0.1) is 43.7 Å². The Morgan fingerprint density at radius 1 is 0.143 bits per heavy atom. The predicted molar refractivity (Wildman–Crippen MR) is 361 cm³/mol. The molecule has 0 spiro atoms. The summed E-state index contributed by atoms with van der Waals surface area (Å²) < 4.78 is 7.01. The Hall–Kier alpha value is -3.58. The van der Waals surface area contributed by atoms with Crippen LogP contribution in [0.5, 0.6) is 0 Å². The van der Waals surface area contributed by atoms with Crippen LogP contribution in [0.2, 0.25) is 0 Å². The van der Waals surface area contributed by atoms with E-state index in [1.165, 1.54) is 197 Å². The average Bonchev–Trinajstić information content (AvgIpc) is 3.67. The third kappa shape index (κ3) is 5.97. The van der Waals surface area contributed by atoms with Crippen molar-refractivity contribution in [3.8, 4) is 33.4 Å². The highest BCUT2D eigenvalue weighted by Crippen LogP contribution is 2.39. The van der Waals surface area contributed by atoms with Crippen LogP contribution >= 0.6 is 0 Å². The molecule has 1 nitrogen and oxygen atoms in total. The van der Waals surface area contributed by atoms with Gasteiger partial charge in [-0.05, 0) is 54.9 Å². The molecular formula is C38H48B24O. The summed E-state index contributed by atoms with van der Waals surface area (Å²) in [5, 5.41) is 8.16. The maximum atomic E-state index is 7.01. The van der Waals surface area contributed by atoms with Gasteiger partial charge in [-0.25, -0.2) is 0 Å². The molecule has 1 aromatic heterocycles. The topological polar surface area (TPSA) is 13.1 Å². The molecule has 0 aliphatic rings. The zero-order chi connectivity index (χ0) is 46.6. The Bertz CT molecular complexity index is 3360. The molecule has 0 saturated carbocycles. The largest absolute Gasteiger partial charge is 0.457 e. The smallest absolute Gasteiger partial charge is 0.143 e. The lowest BCUT2D eigenvalue weighted by Gasteiger charge is -2.32. The van der Waals surface area contributed by atoms with Gasteiger partial charge in [0.15, 0.2) is 0 Å². The van der Waals surface area contributed by atoms with E-state index in [2.05, 4.69) is 188 Å². The number of hydrogen-bond acceptors (Lipinski definition) is 1. The SMILES string of the molecule is Bc1c(B)c(B)c(-c2c(B)c(B)c(-c3c4c(B)c(B)c(B)c(B)c4c(-c4c(B)c(B)c5oc6c(B)c(B)c(B)c(B)c6c5c4B)c4c(B)c(B)c(B)c(B)c34)c(B)c2B)c(B)c1B. The minimum atomic E-state index is 1.03. The molecule has 7 aromatic carbocycles. The van der Waals surface area contributed by atoms with Crippen LogP contribution in [0.25, 0.3) is 76.9 Å². The minimum absolute atomic E-state index is 1.03. The monoisotopic (exact) mass is 785 g/mol. The van der Waals surface area contributed by atoms with Crippen molar-refractivity contribution >= 4 is 363 Å². The van der Waals surface area contributed by atoms with E-state index in [4.69, 9.17) is 4.42 Å². The number of hydrogen-bond donors (Lipinski definition) is 0. The highest BCUT2D eigenvalue weighted by molar-refractivity contribution is 6.76. The van der Waals surface area contributed by atoms with E-state index in [9.17, 15) is 0 Å². The summed E-state index contributed by atoms with van der Waals surface area (Å²) in [6.45, 7) is 0. The van der Waals surface area contributed by atoms with Crippen molar-refractivity contribution in [3.05, 3.63) is 0 Å². The van der Waals surface area contributed by atoms with Crippen LogP contribution in [0.3, 0.4) is 0 Å². The van der Waals surface area contributed by atoms with Crippen molar-refractivity contribution in [1.82, 2.24) is 0 Å². The lowest BCUT2D eigenvalue weighted by molar-refractivity contribution is 0.675. The van der Waals surface area contributed by atoms with E-state index in [0.29, 0.717) is 0 Å². The Balaban J connectivity index is 1.69. The zero-order valence-corrected chi connectivity index (χ0v) is 43.4. The van der Waals surface area contributed by atoms with E-state index in [1.54, 1.807) is 0 Å². The van der Waals surface area contributed by atoms with E-state index in [-0.39, 0.29) is 0 Å². The summed E-state index contributed by atoms with van der Waals surface area (Å²) in [5.74, 6) is 0. The molecule has 8 aromatic rings. The Morgan fingerprint density at radius 2 is 0.317 bits per heavy atom. The molecule has 0 aliphatic heterocycles. The summed E-state index contributed by atoms with van der Waals surface area (Å²) in [7, 11) is 56.4. The fourth-order valence-corrected chi connectivity index (χ4v) is 12.3. The summed E-state index contributed by atoms with van der Waals surface area (Å²) in [5.41, 5.74) is 43.3. The van der Waals surface area contributed by atoms with Crippen LogP contribution in [-0.2, 0) is 0 Å². The van der Waals surface area contributed by atoms with Gasteiger partial charge in [0.1, 0.15) is 199 Å². The van der Waals surface area contributed by atoms with Crippen LogP contribution < -0.4 is 131 Å². The molecule has 0 N–H and O–H groups in total. The molecule has 63 heavy (non-hydrogen) atoms. The number of furan rings is 1. The van der Waals surface area contributed by atoms with Crippen molar-refractivity contribution in [2.45, 2.75) is 0 Å². The van der Waals surface area contributed by atoms with E-state index < -0.39 is 0 Å². The molecule has 8 rings (SSSR count). The van der Waals surface area contributed by atoms with Crippen molar-refractivity contribution < 1.29 is 4.42 Å². The van der Waals surface area contributed by atoms with Crippen molar-refractivity contribution in [2.75, 3.05) is 0 Å². The molecular weight excluding hydrogens is 732 g/mol. The summed E-state index contributed by atoms with van der Waals surface area (Å²) in [4.78, 5) is 0. The highest BCUT2D eigenvalue weighted by atomic mass is 16.3. The van der Waals surface area contributed by atoms with Gasteiger partial charge in [0, 0.05) is 10.8 Å². The number of benzene rings is 7. The number of fused-ring (bicyclic) bond motifs is 5. The molecule has 0 bridgehead atoms. The van der Waals surface area contributed by atoms with Gasteiger partial charge in [-0.3, -0.25) is 0 Å². The van der Waals surface area contributed by atoms with Crippen LogP contribution in [0, 0.1) is 0 Å². The maximum Gasteiger partial charge on any atom is 0.143 e. The summed E-state index contributed by atoms with van der Waals surface area (Å²) in [6.07, 6.45) is 0. The van der Waals surface area contributed by atoms with Crippen LogP contribution in [-0.4, -0.2) is 188 Å². The lowest BCUT2D eigenvalue weighted by Crippen LogP contribution is -2.57. The Labute approximate surface area is 398 Å². The third-order valence-corrected chi connectivity index (χ3v) is 18.1. The molecule has 1 heterocycles. The van der Waals surface area contributed by atoms with Gasteiger partial charge in [0.05, 0.1) is 0 Å². The molecule has 0 unspecified atom stereocenters. The number of rotatable bonds is 3. The standard InChI is InChI=1S/C38H48B24O/c39-13-7(24(50)35(61)37-11(13)12-25(51)32(58)34(60)36(62)38(12)63-37)1-3-5(16(42)28(54)26(52)14(3)40)2(6-4(1)15(41)27(53)29(55)17(6)43)8-18(44)20(46)9(21(47)19(8)45)10-22(48)30(56)33(59)31(57)23(10)49/h39-62H2. The first-order valence-corrected chi connectivity index (χ1v) is 23.4. The first-order chi connectivity index (χ1) is 29.3. The minimum Gasteiger partial charge on any atom is -0.457 e. The molecule has 0 aliphatic carbocycles. The first kappa shape index (κ1) is 46.0. The van der Waals surface area contributed by atoms with E-state index in [0.717, 1.165) is 11.2 Å². The predicted octanol–water partition coefficient (Wildman–Crippen LogP) is -30.9. The highest BCUT2D eigenvalue weighted by Gasteiger charge is 2.31. The normalized spacial score (nSPS) is 11.7. The molecule has 0 amide bonds. The second-order valence-electron chi connectivity index (χ2n) is 20.3. The first-order valence-electron chi connectivity index (χ1n) is 23.4. The maximum absolute atomic E-state index is 7.01. The molecule has 0 fully saturated rings. The second kappa shape index (κ2) is 15.5. The van der Waals surface area contributed by atoms with Crippen molar-refractivity contribution in [3.63, 3.8) is 0 Å². The lowest BCUT2D eigenvalue weighted by atomic mass is 9.55. The van der Waals surface area contributed by atoms with Gasteiger partial charge in [-0.1, -0.05) is 87.4 Å². The second-order valence-corrected chi connectivity index (χ2v) is 20.3. The van der Waals surface area contributed by atoms with Crippen LogP contribution in [0.1, 0.15) is 0 Å². The molecule has 0 radical (unpaired) electrons. The third-order valence-electron chi connectivity index (χ3n) is 18.1. The van der Waals surface area contributed by atoms with E-state index in [1.807, 2.05) is 0 Å². The quantitative estimate of drug-likeness (QED) is 0.129. The van der Waals surface area contributed by atoms with Gasteiger partial charge in [0.25, 0.3) is 0 Å². The van der Waals surface area contributed by atoms with Crippen molar-refractivity contribution in [2.24, 2.45) is 0 Å². The van der Waals surface area contributed by atoms with Crippen LogP contribution in [0.4, 0.5) is 0 Å². The van der Waals surface area contributed by atoms with Crippen LogP contribution in [0.15, 0.2) is 4.42 Å². The summed E-state index contributed by atoms with van der Waals surface area (Å²) in [6, 6.07) is 0. The van der Waals surface area contributed by atoms with E-state index >= 15 is 0 Å². The van der Waals surface area contributed by atoms with Gasteiger partial charge in [0.2, 0.25) is 0 Å².